The van der Waals surface area contributed by atoms with Crippen molar-refractivity contribution in [1.82, 2.24) is 30.5 Å². The van der Waals surface area contributed by atoms with Gasteiger partial charge in [-0.25, -0.2) is 14.3 Å². The van der Waals surface area contributed by atoms with Crippen LogP contribution in [0.3, 0.4) is 0 Å². The van der Waals surface area contributed by atoms with Crippen molar-refractivity contribution in [2.75, 3.05) is 6.54 Å². The Hall–Kier alpha value is -1.95. The normalized spacial score (nSPS) is 26.3. The summed E-state index contributed by atoms with van der Waals surface area (Å²) in [6.07, 6.45) is 5.30. The van der Waals surface area contributed by atoms with Crippen LogP contribution in [0, 0.1) is 12.8 Å². The minimum atomic E-state index is -2.65. The molecule has 5 rings (SSSR count). The maximum absolute atomic E-state index is 13.7. The maximum atomic E-state index is 13.7. The predicted molar refractivity (Wildman–Crippen MR) is 146 cm³/mol. The molecule has 2 saturated heterocycles. The van der Waals surface area contributed by atoms with Gasteiger partial charge in [0, 0.05) is 59.1 Å². The lowest BCUT2D eigenvalue weighted by molar-refractivity contribution is -0.130. The molecule has 3 fully saturated rings. The van der Waals surface area contributed by atoms with Crippen LogP contribution in [0.25, 0.3) is 0 Å². The first-order valence-electron chi connectivity index (χ1n) is 14.5. The molecule has 0 spiro atoms. The molecule has 1 saturated carbocycles. The Labute approximate surface area is 233 Å². The highest BCUT2D eigenvalue weighted by Crippen LogP contribution is 2.43. The fraction of sp³-hybridized carbons (Fsp3) is 0.750. The third-order valence-electron chi connectivity index (χ3n) is 8.99. The van der Waals surface area contributed by atoms with Gasteiger partial charge >= 0.3 is 0 Å². The number of aromatic nitrogens is 3. The van der Waals surface area contributed by atoms with Crippen LogP contribution in [0.4, 0.5) is 8.78 Å². The monoisotopic (exact) mass is 564 g/mol. The van der Waals surface area contributed by atoms with Gasteiger partial charge < -0.3 is 15.1 Å². The quantitative estimate of drug-likeness (QED) is 0.330. The minimum absolute atomic E-state index is 0.114. The minimum Gasteiger partial charge on any atom is -0.348 e. The summed E-state index contributed by atoms with van der Waals surface area (Å²) in [6, 6.07) is 5.20. The van der Waals surface area contributed by atoms with Crippen LogP contribution < -0.4 is 10.8 Å². The van der Waals surface area contributed by atoms with Crippen molar-refractivity contribution in [3.05, 3.63) is 33.5 Å². The fourth-order valence-electron chi connectivity index (χ4n) is 6.96. The summed E-state index contributed by atoms with van der Waals surface area (Å²) in [5, 5.41) is 21.2. The molecule has 2 aliphatic heterocycles. The number of thiophene rings is 1. The Morgan fingerprint density at radius 2 is 1.82 bits per heavy atom. The van der Waals surface area contributed by atoms with Gasteiger partial charge in [-0.1, -0.05) is 13.8 Å². The number of hydrogen-bond acceptors (Lipinski definition) is 7. The third kappa shape index (κ3) is 6.36. The molecule has 2 bridgehead atoms. The van der Waals surface area contributed by atoms with Crippen LogP contribution in [0.2, 0.25) is 0 Å². The van der Waals surface area contributed by atoms with Crippen LogP contribution in [-0.2, 0) is 11.3 Å². The lowest BCUT2D eigenvalue weighted by Gasteiger charge is -2.40. The number of amides is 1. The molecule has 1 aliphatic carbocycles. The van der Waals surface area contributed by atoms with Crippen molar-refractivity contribution >= 4 is 17.2 Å². The average Bonchev–Trinajstić information content (AvgIpc) is 3.57. The van der Waals surface area contributed by atoms with E-state index in [0.29, 0.717) is 30.6 Å². The van der Waals surface area contributed by atoms with E-state index in [1.54, 1.807) is 11.3 Å². The van der Waals surface area contributed by atoms with E-state index in [9.17, 15) is 13.6 Å². The van der Waals surface area contributed by atoms with Gasteiger partial charge in [-0.15, -0.1) is 21.5 Å². The zero-order valence-electron chi connectivity index (χ0n) is 23.2. The van der Waals surface area contributed by atoms with E-state index in [1.807, 2.05) is 12.1 Å². The smallest absolute Gasteiger partial charge is 0.248 e. The van der Waals surface area contributed by atoms with Gasteiger partial charge in [-0.3, -0.25) is 9.69 Å². The van der Waals surface area contributed by atoms with Crippen molar-refractivity contribution in [3.63, 3.8) is 0 Å². The zero-order valence-corrected chi connectivity index (χ0v) is 24.0. The number of piperidine rings is 1. The zero-order chi connectivity index (χ0) is 27.7. The number of hydrogen-bond donors (Lipinski definition) is 3. The average molecular weight is 565 g/mol. The van der Waals surface area contributed by atoms with E-state index in [2.05, 4.69) is 51.2 Å². The summed E-state index contributed by atoms with van der Waals surface area (Å²) in [5.41, 5.74) is 2.20. The second kappa shape index (κ2) is 11.9. The number of carbonyl (C=O) groups excluding carboxylic acids is 1. The number of carbonyl (C=O) groups is 1. The summed E-state index contributed by atoms with van der Waals surface area (Å²) in [7, 11) is 0. The largest absolute Gasteiger partial charge is 0.348 e. The predicted octanol–water partition coefficient (Wildman–Crippen LogP) is 5.49. The highest BCUT2D eigenvalue weighted by atomic mass is 32.1. The molecule has 4 heterocycles. The van der Waals surface area contributed by atoms with Crippen LogP contribution in [0.5, 0.6) is 0 Å². The first-order valence-corrected chi connectivity index (χ1v) is 15.3. The molecule has 39 heavy (non-hydrogen) atoms. The summed E-state index contributed by atoms with van der Waals surface area (Å²) in [5.74, 6) is -0.733. The summed E-state index contributed by atoms with van der Waals surface area (Å²) >= 11 is 1.57. The first kappa shape index (κ1) is 28.6. The van der Waals surface area contributed by atoms with Gasteiger partial charge in [0.1, 0.15) is 11.6 Å². The number of fused-ring (bicyclic) bond motifs is 2. The molecule has 0 radical (unpaired) electrons. The summed E-state index contributed by atoms with van der Waals surface area (Å²) in [4.78, 5) is 17.8. The number of rotatable bonds is 10. The van der Waals surface area contributed by atoms with E-state index in [0.717, 1.165) is 47.2 Å². The maximum Gasteiger partial charge on any atom is 0.248 e. The SMILES string of the molecule is Cc1nnc(C(C)C)n1C1CC2CCC(C1)N2CC[C@H](NC(=O)C1CCC(F)(F)CC1)c1ccc(CNO)s1. The van der Waals surface area contributed by atoms with Crippen LogP contribution >= 0.6 is 11.3 Å². The number of alkyl halides is 2. The molecule has 3 N–H and O–H groups in total. The third-order valence-corrected chi connectivity index (χ3v) is 10.2. The lowest BCUT2D eigenvalue weighted by atomic mass is 9.86. The van der Waals surface area contributed by atoms with Gasteiger partial charge in [0.15, 0.2) is 0 Å². The van der Waals surface area contributed by atoms with Crippen molar-refractivity contribution in [2.24, 2.45) is 5.92 Å². The number of nitrogens with zero attached hydrogens (tertiary/aromatic N) is 4. The molecule has 11 heteroatoms. The molecule has 8 nitrogen and oxygen atoms in total. The number of hydroxylamine groups is 1. The van der Waals surface area contributed by atoms with Crippen molar-refractivity contribution in [1.29, 1.82) is 0 Å². The van der Waals surface area contributed by atoms with E-state index in [1.165, 1.54) is 12.8 Å². The Morgan fingerprint density at radius 3 is 2.46 bits per heavy atom. The molecule has 3 atom stereocenters. The first-order chi connectivity index (χ1) is 18.6. The Kier molecular flexibility index (Phi) is 8.71. The highest BCUT2D eigenvalue weighted by Gasteiger charge is 2.43. The van der Waals surface area contributed by atoms with Gasteiger partial charge in [-0.05, 0) is 64.0 Å². The molecule has 2 aromatic rings. The van der Waals surface area contributed by atoms with Crippen LogP contribution in [0.1, 0.15) is 111 Å². The number of halogens is 2. The van der Waals surface area contributed by atoms with E-state index < -0.39 is 5.92 Å². The van der Waals surface area contributed by atoms with E-state index in [4.69, 9.17) is 5.21 Å². The van der Waals surface area contributed by atoms with Gasteiger partial charge in [0.2, 0.25) is 11.8 Å². The topological polar surface area (TPSA) is 95.3 Å². The number of nitrogens with one attached hydrogen (secondary N) is 2. The molecular formula is C28H42F2N6O2S. The van der Waals surface area contributed by atoms with Crippen molar-refractivity contribution in [3.8, 4) is 0 Å². The standard InChI is InChI=1S/C28H42F2N6O2S/c1-17(2)26-34-33-18(3)36(26)22-14-20-4-5-21(15-22)35(20)13-10-24(25-7-6-23(39-25)16-31-38)32-27(37)19-8-11-28(29,30)12-9-19/h6-7,17,19-22,24,31,38H,4-5,8-16H2,1-3H3,(H,32,37)/t20?,21?,22?,24-/m0/s1. The van der Waals surface area contributed by atoms with Crippen molar-refractivity contribution < 1.29 is 18.8 Å². The van der Waals surface area contributed by atoms with E-state index in [-0.39, 0.29) is 43.6 Å². The van der Waals surface area contributed by atoms with E-state index >= 15 is 0 Å². The Balaban J connectivity index is 1.26. The molecule has 216 valence electrons. The molecule has 0 aromatic carbocycles. The number of aryl methyl sites for hydroxylation is 1. The molecule has 2 aromatic heterocycles. The fourth-order valence-corrected chi connectivity index (χ4v) is 7.99. The second-order valence-electron chi connectivity index (χ2n) is 12.0. The molecule has 3 aliphatic rings. The molecule has 1 amide bonds. The van der Waals surface area contributed by atoms with Crippen molar-refractivity contribution in [2.45, 2.75) is 121 Å². The second-order valence-corrected chi connectivity index (χ2v) is 13.2. The molecule has 2 unspecified atom stereocenters. The Bertz CT molecular complexity index is 1110. The van der Waals surface area contributed by atoms with Crippen LogP contribution in [-0.4, -0.2) is 55.3 Å². The van der Waals surface area contributed by atoms with Crippen LogP contribution in [0.15, 0.2) is 12.1 Å². The Morgan fingerprint density at radius 1 is 1.13 bits per heavy atom. The van der Waals surface area contributed by atoms with Gasteiger partial charge in [-0.2, -0.15) is 0 Å². The summed E-state index contributed by atoms with van der Waals surface area (Å²) in [6.45, 7) is 7.61. The van der Waals surface area contributed by atoms with Gasteiger partial charge in [0.25, 0.3) is 0 Å². The molecular weight excluding hydrogens is 522 g/mol. The lowest BCUT2D eigenvalue weighted by Crippen LogP contribution is -2.45. The van der Waals surface area contributed by atoms with Gasteiger partial charge in [0.05, 0.1) is 12.6 Å². The highest BCUT2D eigenvalue weighted by molar-refractivity contribution is 7.12. The summed E-state index contributed by atoms with van der Waals surface area (Å²) < 4.78 is 29.7.